The number of furan rings is 1. The van der Waals surface area contributed by atoms with E-state index in [9.17, 15) is 9.59 Å². The summed E-state index contributed by atoms with van der Waals surface area (Å²) in [6, 6.07) is 6.80. The van der Waals surface area contributed by atoms with Gasteiger partial charge in [-0.1, -0.05) is 6.07 Å². The molecule has 0 spiro atoms. The average Bonchev–Trinajstić information content (AvgIpc) is 2.97. The van der Waals surface area contributed by atoms with Gasteiger partial charge in [-0.05, 0) is 30.7 Å². The van der Waals surface area contributed by atoms with E-state index < -0.39 is 0 Å². The first-order valence-corrected chi connectivity index (χ1v) is 6.83. The molecule has 22 heavy (non-hydrogen) atoms. The molecule has 116 valence electrons. The first-order valence-electron chi connectivity index (χ1n) is 6.83. The molecule has 0 bridgehead atoms. The summed E-state index contributed by atoms with van der Waals surface area (Å²) in [4.78, 5) is 25.7. The Hall–Kier alpha value is -2.60. The molecule has 2 amide bonds. The first kappa shape index (κ1) is 15.8. The van der Waals surface area contributed by atoms with Crippen molar-refractivity contribution in [3.05, 3.63) is 53.0 Å². The van der Waals surface area contributed by atoms with Crippen molar-refractivity contribution in [2.75, 3.05) is 19.4 Å². The van der Waals surface area contributed by atoms with Gasteiger partial charge >= 0.3 is 0 Å². The molecule has 0 aliphatic rings. The topological polar surface area (TPSA) is 88.6 Å². The molecule has 0 saturated carbocycles. The van der Waals surface area contributed by atoms with Gasteiger partial charge in [0, 0.05) is 25.3 Å². The SMILES string of the molecule is Cc1ccc(C(=O)N(C)C)cc1NC(=O)c1coc(CN)c1. The van der Waals surface area contributed by atoms with Crippen molar-refractivity contribution in [1.29, 1.82) is 0 Å². The van der Waals surface area contributed by atoms with Crippen LogP contribution >= 0.6 is 0 Å². The number of anilines is 1. The molecule has 0 radical (unpaired) electrons. The van der Waals surface area contributed by atoms with Crippen molar-refractivity contribution in [3.8, 4) is 0 Å². The summed E-state index contributed by atoms with van der Waals surface area (Å²) in [5, 5.41) is 2.79. The number of rotatable bonds is 4. The Bertz CT molecular complexity index is 704. The highest BCUT2D eigenvalue weighted by Crippen LogP contribution is 2.19. The Labute approximate surface area is 128 Å². The number of nitrogens with one attached hydrogen (secondary N) is 1. The quantitative estimate of drug-likeness (QED) is 0.904. The number of aryl methyl sites for hydroxylation is 1. The van der Waals surface area contributed by atoms with Crippen LogP contribution in [0.15, 0.2) is 34.9 Å². The van der Waals surface area contributed by atoms with Crippen LogP contribution in [0.3, 0.4) is 0 Å². The molecule has 0 saturated heterocycles. The van der Waals surface area contributed by atoms with E-state index in [-0.39, 0.29) is 18.4 Å². The molecular weight excluding hydrogens is 282 g/mol. The normalized spacial score (nSPS) is 10.4. The van der Waals surface area contributed by atoms with Crippen molar-refractivity contribution in [2.24, 2.45) is 5.73 Å². The highest BCUT2D eigenvalue weighted by atomic mass is 16.3. The molecule has 0 atom stereocenters. The molecule has 0 aliphatic heterocycles. The van der Waals surface area contributed by atoms with Crippen LogP contribution in [0.25, 0.3) is 0 Å². The largest absolute Gasteiger partial charge is 0.467 e. The van der Waals surface area contributed by atoms with Crippen LogP contribution in [0.1, 0.15) is 32.0 Å². The lowest BCUT2D eigenvalue weighted by atomic mass is 10.1. The van der Waals surface area contributed by atoms with Gasteiger partial charge in [0.05, 0.1) is 12.1 Å². The lowest BCUT2D eigenvalue weighted by molar-refractivity contribution is 0.0827. The maximum absolute atomic E-state index is 12.2. The molecule has 6 nitrogen and oxygen atoms in total. The van der Waals surface area contributed by atoms with E-state index in [0.717, 1.165) is 5.56 Å². The summed E-state index contributed by atoms with van der Waals surface area (Å²) in [6.07, 6.45) is 1.36. The van der Waals surface area contributed by atoms with Gasteiger partial charge in [0.2, 0.25) is 0 Å². The molecule has 0 unspecified atom stereocenters. The molecule has 3 N–H and O–H groups in total. The number of hydrogen-bond donors (Lipinski definition) is 2. The zero-order chi connectivity index (χ0) is 16.3. The van der Waals surface area contributed by atoms with Gasteiger partial charge in [0.15, 0.2) is 0 Å². The van der Waals surface area contributed by atoms with Gasteiger partial charge in [-0.25, -0.2) is 0 Å². The molecule has 1 heterocycles. The fourth-order valence-corrected chi connectivity index (χ4v) is 1.95. The summed E-state index contributed by atoms with van der Waals surface area (Å²) in [5.41, 5.74) is 7.82. The van der Waals surface area contributed by atoms with E-state index in [1.165, 1.54) is 11.2 Å². The predicted molar refractivity (Wildman–Crippen MR) is 83.7 cm³/mol. The second kappa shape index (κ2) is 6.44. The van der Waals surface area contributed by atoms with Crippen LogP contribution in [0.2, 0.25) is 0 Å². The van der Waals surface area contributed by atoms with Gasteiger partial charge in [0.1, 0.15) is 12.0 Å². The van der Waals surface area contributed by atoms with Gasteiger partial charge in [-0.3, -0.25) is 9.59 Å². The summed E-state index contributed by atoms with van der Waals surface area (Å²) >= 11 is 0. The molecule has 6 heteroatoms. The van der Waals surface area contributed by atoms with E-state index >= 15 is 0 Å². The zero-order valence-electron chi connectivity index (χ0n) is 12.8. The van der Waals surface area contributed by atoms with Crippen LogP contribution in [-0.2, 0) is 6.54 Å². The Morgan fingerprint density at radius 1 is 1.23 bits per heavy atom. The molecule has 2 rings (SSSR count). The van der Waals surface area contributed by atoms with Gasteiger partial charge < -0.3 is 20.4 Å². The Morgan fingerprint density at radius 2 is 1.95 bits per heavy atom. The van der Waals surface area contributed by atoms with Crippen LogP contribution in [-0.4, -0.2) is 30.8 Å². The van der Waals surface area contributed by atoms with Crippen LogP contribution in [0.4, 0.5) is 5.69 Å². The van der Waals surface area contributed by atoms with Crippen LogP contribution in [0.5, 0.6) is 0 Å². The third-order valence-electron chi connectivity index (χ3n) is 3.26. The number of benzene rings is 1. The number of hydrogen-bond acceptors (Lipinski definition) is 4. The number of nitrogens with zero attached hydrogens (tertiary/aromatic N) is 1. The molecule has 0 aliphatic carbocycles. The van der Waals surface area contributed by atoms with E-state index in [1.54, 1.807) is 38.4 Å². The maximum Gasteiger partial charge on any atom is 0.258 e. The molecule has 1 aromatic heterocycles. The van der Waals surface area contributed by atoms with Crippen LogP contribution < -0.4 is 11.1 Å². The fourth-order valence-electron chi connectivity index (χ4n) is 1.95. The number of carbonyl (C=O) groups excluding carboxylic acids is 2. The van der Waals surface area contributed by atoms with Crippen molar-refractivity contribution in [3.63, 3.8) is 0 Å². The van der Waals surface area contributed by atoms with E-state index in [1.807, 2.05) is 6.92 Å². The number of nitrogens with two attached hydrogens (primary N) is 1. The minimum absolute atomic E-state index is 0.121. The second-order valence-electron chi connectivity index (χ2n) is 5.19. The van der Waals surface area contributed by atoms with E-state index in [0.29, 0.717) is 22.6 Å². The lowest BCUT2D eigenvalue weighted by Crippen LogP contribution is -2.22. The van der Waals surface area contributed by atoms with Gasteiger partial charge in [-0.2, -0.15) is 0 Å². The maximum atomic E-state index is 12.2. The first-order chi connectivity index (χ1) is 10.4. The summed E-state index contributed by atoms with van der Waals surface area (Å²) in [6.45, 7) is 2.10. The van der Waals surface area contributed by atoms with E-state index in [4.69, 9.17) is 10.2 Å². The van der Waals surface area contributed by atoms with Crippen molar-refractivity contribution < 1.29 is 14.0 Å². The predicted octanol–water partition coefficient (Wildman–Crippen LogP) is 2.00. The van der Waals surface area contributed by atoms with Crippen molar-refractivity contribution in [1.82, 2.24) is 4.90 Å². The van der Waals surface area contributed by atoms with E-state index in [2.05, 4.69) is 5.32 Å². The smallest absolute Gasteiger partial charge is 0.258 e. The van der Waals surface area contributed by atoms with Crippen LogP contribution in [0, 0.1) is 6.92 Å². The highest BCUT2D eigenvalue weighted by molar-refractivity contribution is 6.05. The number of carbonyl (C=O) groups is 2. The van der Waals surface area contributed by atoms with Gasteiger partial charge in [-0.15, -0.1) is 0 Å². The standard InChI is InChI=1S/C16H19N3O3/c1-10-4-5-11(16(21)19(2)3)7-14(10)18-15(20)12-6-13(8-17)22-9-12/h4-7,9H,8,17H2,1-3H3,(H,18,20). The second-order valence-corrected chi connectivity index (χ2v) is 5.19. The Kier molecular flexibility index (Phi) is 4.62. The Balaban J connectivity index is 2.23. The summed E-state index contributed by atoms with van der Waals surface area (Å²) in [5.74, 6) is 0.114. The van der Waals surface area contributed by atoms with Crippen molar-refractivity contribution >= 4 is 17.5 Å². The van der Waals surface area contributed by atoms with Crippen molar-refractivity contribution in [2.45, 2.75) is 13.5 Å². The average molecular weight is 301 g/mol. The highest BCUT2D eigenvalue weighted by Gasteiger charge is 2.14. The Morgan fingerprint density at radius 3 is 2.55 bits per heavy atom. The number of amides is 2. The fraction of sp³-hybridized carbons (Fsp3) is 0.250. The third-order valence-corrected chi connectivity index (χ3v) is 3.26. The third kappa shape index (κ3) is 3.35. The zero-order valence-corrected chi connectivity index (χ0v) is 12.8. The minimum Gasteiger partial charge on any atom is -0.467 e. The lowest BCUT2D eigenvalue weighted by Gasteiger charge is -2.13. The minimum atomic E-state index is -0.305. The molecule has 1 aromatic carbocycles. The van der Waals surface area contributed by atoms with Gasteiger partial charge in [0.25, 0.3) is 11.8 Å². The monoisotopic (exact) mass is 301 g/mol. The summed E-state index contributed by atoms with van der Waals surface area (Å²) in [7, 11) is 3.36. The molecule has 0 fully saturated rings. The molecular formula is C16H19N3O3. The summed E-state index contributed by atoms with van der Waals surface area (Å²) < 4.78 is 5.15. The molecule has 2 aromatic rings.